The molecule has 2 aliphatic heterocycles. The first kappa shape index (κ1) is 28.8. The van der Waals surface area contributed by atoms with Crippen LogP contribution in [0.3, 0.4) is 0 Å². The maximum absolute atomic E-state index is 10.2. The molecule has 9 nitrogen and oxygen atoms in total. The van der Waals surface area contributed by atoms with E-state index in [1.54, 1.807) is 0 Å². The molecule has 4 rings (SSSR count). The Balaban J connectivity index is 1.42. The predicted octanol–water partition coefficient (Wildman–Crippen LogP) is 4.81. The summed E-state index contributed by atoms with van der Waals surface area (Å²) in [6.45, 7) is 15.0. The second-order valence-corrected chi connectivity index (χ2v) is 17.7. The Bertz CT molecular complexity index is 1100. The van der Waals surface area contributed by atoms with Crippen LogP contribution < -0.4 is 10.5 Å². The zero-order valence-electron chi connectivity index (χ0n) is 23.8. The van der Waals surface area contributed by atoms with E-state index in [4.69, 9.17) is 24.9 Å². The lowest BCUT2D eigenvalue weighted by atomic mass is 9.89. The van der Waals surface area contributed by atoms with E-state index in [0.717, 1.165) is 74.7 Å². The summed E-state index contributed by atoms with van der Waals surface area (Å²) >= 11 is 0. The van der Waals surface area contributed by atoms with Crippen LogP contribution in [0.15, 0.2) is 0 Å². The Morgan fingerprint density at radius 1 is 1.13 bits per heavy atom. The van der Waals surface area contributed by atoms with Crippen molar-refractivity contribution in [3.63, 3.8) is 0 Å². The maximum atomic E-state index is 10.2. The van der Waals surface area contributed by atoms with Crippen LogP contribution in [0.25, 0.3) is 11.0 Å². The number of nitriles is 1. The van der Waals surface area contributed by atoms with Crippen LogP contribution in [-0.2, 0) is 22.6 Å². The number of aryl methyl sites for hydroxylation is 1. The number of unbranched alkanes of at least 4 members (excludes halogenated alkanes) is 3. The summed E-state index contributed by atoms with van der Waals surface area (Å²) in [7, 11) is -1.22. The van der Waals surface area contributed by atoms with E-state index in [9.17, 15) is 5.26 Å². The summed E-state index contributed by atoms with van der Waals surface area (Å²) < 4.78 is 19.3. The Labute approximate surface area is 228 Å². The quantitative estimate of drug-likeness (QED) is 0.238. The van der Waals surface area contributed by atoms with E-state index in [0.29, 0.717) is 36.3 Å². The first-order chi connectivity index (χ1) is 18.3. The maximum Gasteiger partial charge on any atom is 0.319 e. The monoisotopic (exact) mass is 542 g/mol. The average Bonchev–Trinajstić information content (AvgIpc) is 3.11. The first-order valence-corrected chi connectivity index (χ1v) is 18.1. The summed E-state index contributed by atoms with van der Waals surface area (Å²) in [5.41, 5.74) is 9.33. The topological polar surface area (TPSA) is 111 Å². The van der Waals surface area contributed by atoms with Gasteiger partial charge >= 0.3 is 6.01 Å². The van der Waals surface area contributed by atoms with Crippen LogP contribution in [0.2, 0.25) is 25.7 Å². The molecule has 4 heterocycles. The van der Waals surface area contributed by atoms with Crippen LogP contribution in [0.4, 0.5) is 5.82 Å². The molecule has 0 bridgehead atoms. The zero-order chi connectivity index (χ0) is 27.1. The fourth-order valence-electron chi connectivity index (χ4n) is 5.18. The highest BCUT2D eigenvalue weighted by atomic mass is 28.3. The van der Waals surface area contributed by atoms with Gasteiger partial charge in [0.15, 0.2) is 5.82 Å². The van der Waals surface area contributed by atoms with E-state index in [2.05, 4.69) is 42.5 Å². The fourth-order valence-corrected chi connectivity index (χ4v) is 5.94. The van der Waals surface area contributed by atoms with Gasteiger partial charge in [0.1, 0.15) is 29.5 Å². The van der Waals surface area contributed by atoms with Crippen molar-refractivity contribution in [2.24, 2.45) is 5.92 Å². The molecule has 2 saturated heterocycles. The van der Waals surface area contributed by atoms with Gasteiger partial charge in [-0.15, -0.1) is 0 Å². The minimum absolute atomic E-state index is 0.272. The molecule has 0 amide bonds. The minimum atomic E-state index is -1.22. The van der Waals surface area contributed by atoms with Gasteiger partial charge in [0.2, 0.25) is 0 Å². The molecule has 0 spiro atoms. The third kappa shape index (κ3) is 7.26. The van der Waals surface area contributed by atoms with Crippen LogP contribution in [0.1, 0.15) is 56.7 Å². The van der Waals surface area contributed by atoms with Crippen molar-refractivity contribution in [2.75, 3.05) is 45.2 Å². The van der Waals surface area contributed by atoms with E-state index in [-0.39, 0.29) is 12.7 Å². The number of likely N-dealkylation sites (tertiary alicyclic amines) is 1. The molecule has 0 saturated carbocycles. The van der Waals surface area contributed by atoms with E-state index < -0.39 is 8.07 Å². The lowest BCUT2D eigenvalue weighted by molar-refractivity contribution is -0.123. The van der Waals surface area contributed by atoms with Crippen molar-refractivity contribution in [1.29, 1.82) is 5.26 Å². The molecule has 1 unspecified atom stereocenters. The molecule has 2 aromatic rings. The second kappa shape index (κ2) is 13.2. The Kier molecular flexibility index (Phi) is 10.0. The SMILES string of the molecule is CCCCOc1nc(N)c2c(n1)c(CCCCCN1CC(C3CCO3)C1)c(C#N)n2COCC[Si](C)(C)C. The van der Waals surface area contributed by atoms with Crippen LogP contribution in [-0.4, -0.2) is 73.1 Å². The zero-order valence-corrected chi connectivity index (χ0v) is 24.8. The highest BCUT2D eigenvalue weighted by molar-refractivity contribution is 6.76. The highest BCUT2D eigenvalue weighted by Gasteiger charge is 2.36. The second-order valence-electron chi connectivity index (χ2n) is 12.0. The van der Waals surface area contributed by atoms with Gasteiger partial charge in [-0.3, -0.25) is 0 Å². The van der Waals surface area contributed by atoms with Gasteiger partial charge in [-0.2, -0.15) is 15.2 Å². The molecule has 2 fully saturated rings. The summed E-state index contributed by atoms with van der Waals surface area (Å²) in [4.78, 5) is 11.7. The number of nitrogen functional groups attached to an aromatic ring is 1. The number of anilines is 1. The smallest absolute Gasteiger partial charge is 0.319 e. The van der Waals surface area contributed by atoms with Gasteiger partial charge in [0.25, 0.3) is 0 Å². The van der Waals surface area contributed by atoms with Crippen LogP contribution in [0.5, 0.6) is 6.01 Å². The molecule has 2 aliphatic rings. The van der Waals surface area contributed by atoms with Crippen molar-refractivity contribution >= 4 is 24.9 Å². The summed E-state index contributed by atoms with van der Waals surface area (Å²) in [5.74, 6) is 1.07. The lowest BCUT2D eigenvalue weighted by Gasteiger charge is -2.46. The average molecular weight is 543 g/mol. The normalized spacial score (nSPS) is 18.3. The fraction of sp³-hybridized carbons (Fsp3) is 0.750. The molecule has 38 heavy (non-hydrogen) atoms. The number of hydrogen-bond donors (Lipinski definition) is 1. The highest BCUT2D eigenvalue weighted by Crippen LogP contribution is 2.32. The van der Waals surface area contributed by atoms with Gasteiger partial charge in [0, 0.05) is 45.9 Å². The molecular formula is C28H46N6O3Si. The number of nitrogens with zero attached hydrogens (tertiary/aromatic N) is 5. The standard InChI is InChI=1S/C28H46N6O3Si/c1-5-6-13-37-28-31-25-22(10-8-7-9-12-33-18-21(19-33)24-11-14-36-24)23(17-29)34(26(25)27(30)32-28)20-35-15-16-38(2,3)4/h21,24H,5-16,18-20H2,1-4H3,(H2,30,31,32). The third-order valence-electron chi connectivity index (χ3n) is 7.70. The molecular weight excluding hydrogens is 496 g/mol. The summed E-state index contributed by atoms with van der Waals surface area (Å²) in [6, 6.07) is 3.77. The number of rotatable bonds is 16. The van der Waals surface area contributed by atoms with Gasteiger partial charge in [-0.1, -0.05) is 39.4 Å². The van der Waals surface area contributed by atoms with Crippen molar-refractivity contribution in [1.82, 2.24) is 19.4 Å². The van der Waals surface area contributed by atoms with E-state index in [1.807, 2.05) is 4.57 Å². The Morgan fingerprint density at radius 3 is 2.58 bits per heavy atom. The van der Waals surface area contributed by atoms with E-state index >= 15 is 0 Å². The third-order valence-corrected chi connectivity index (χ3v) is 9.40. The molecule has 210 valence electrons. The summed E-state index contributed by atoms with van der Waals surface area (Å²) in [6.07, 6.45) is 7.71. The molecule has 10 heteroatoms. The number of fused-ring (bicyclic) bond motifs is 1. The van der Waals surface area contributed by atoms with Crippen LogP contribution >= 0.6 is 0 Å². The molecule has 1 atom stereocenters. The van der Waals surface area contributed by atoms with Crippen LogP contribution in [0, 0.1) is 17.2 Å². The van der Waals surface area contributed by atoms with Crippen molar-refractivity contribution in [2.45, 2.75) is 90.4 Å². The summed E-state index contributed by atoms with van der Waals surface area (Å²) in [5, 5.41) is 10.2. The molecule has 2 aromatic heterocycles. The lowest BCUT2D eigenvalue weighted by Crippen LogP contribution is -2.55. The number of nitrogens with two attached hydrogens (primary N) is 1. The van der Waals surface area contributed by atoms with Gasteiger partial charge in [-0.25, -0.2) is 0 Å². The van der Waals surface area contributed by atoms with E-state index in [1.165, 1.54) is 19.5 Å². The van der Waals surface area contributed by atoms with Gasteiger partial charge in [-0.05, 0) is 44.7 Å². The molecule has 0 aromatic carbocycles. The molecule has 2 N–H and O–H groups in total. The predicted molar refractivity (Wildman–Crippen MR) is 153 cm³/mol. The molecule has 0 aliphatic carbocycles. The number of ether oxygens (including phenoxy) is 3. The number of hydrogen-bond acceptors (Lipinski definition) is 8. The number of aromatic nitrogens is 3. The first-order valence-electron chi connectivity index (χ1n) is 14.4. The Hall–Kier alpha value is -2.19. The van der Waals surface area contributed by atoms with Gasteiger partial charge < -0.3 is 29.4 Å². The van der Waals surface area contributed by atoms with Crippen molar-refractivity contribution in [3.05, 3.63) is 11.3 Å². The minimum Gasteiger partial charge on any atom is -0.463 e. The molecule has 0 radical (unpaired) electrons. The Morgan fingerprint density at radius 2 is 1.92 bits per heavy atom. The van der Waals surface area contributed by atoms with Crippen molar-refractivity contribution in [3.8, 4) is 12.1 Å². The largest absolute Gasteiger partial charge is 0.463 e. The van der Waals surface area contributed by atoms with Crippen molar-refractivity contribution < 1.29 is 14.2 Å². The van der Waals surface area contributed by atoms with Gasteiger partial charge in [0.05, 0.1) is 12.7 Å².